The van der Waals surface area contributed by atoms with Crippen LogP contribution in [-0.2, 0) is 4.43 Å². The Balaban J connectivity index is 2.84. The number of hydrogen-bond donors (Lipinski definition) is 0. The van der Waals surface area contributed by atoms with Crippen molar-refractivity contribution in [3.63, 3.8) is 0 Å². The van der Waals surface area contributed by atoms with Crippen molar-refractivity contribution in [3.8, 4) is 0 Å². The van der Waals surface area contributed by atoms with Gasteiger partial charge >= 0.3 is 0 Å². The van der Waals surface area contributed by atoms with Gasteiger partial charge in [-0.05, 0) is 15.9 Å². The average molecular weight is 288 g/mol. The van der Waals surface area contributed by atoms with Gasteiger partial charge in [0.1, 0.15) is 10.9 Å². The molecule has 0 saturated carbocycles. The maximum Gasteiger partial charge on any atom is 0.204 e. The second-order valence-electron chi connectivity index (χ2n) is 1.20. The molecule has 1 aromatic rings. The topological polar surface area (TPSA) is 26.0 Å². The van der Waals surface area contributed by atoms with Gasteiger partial charge in [-0.25, -0.2) is 4.98 Å². The van der Waals surface area contributed by atoms with Gasteiger partial charge in [-0.15, -0.1) is 0 Å². The van der Waals surface area contributed by atoms with Crippen molar-refractivity contribution in [2.45, 2.75) is 4.43 Å². The Labute approximate surface area is 68.9 Å². The van der Waals surface area contributed by atoms with E-state index in [-0.39, 0.29) is 0 Å². The lowest BCUT2D eigenvalue weighted by Gasteiger charge is -1.76. The molecule has 4 heteroatoms. The molecule has 0 saturated heterocycles. The smallest absolute Gasteiger partial charge is 0.204 e. The fourth-order valence-corrected chi connectivity index (χ4v) is 0.991. The average Bonchev–Trinajstić information content (AvgIpc) is 2.14. The molecule has 1 heterocycles. The normalized spacial score (nSPS) is 9.75. The third-order valence-electron chi connectivity index (χ3n) is 0.638. The lowest BCUT2D eigenvalue weighted by Crippen LogP contribution is -1.71. The third-order valence-corrected chi connectivity index (χ3v) is 1.65. The van der Waals surface area contributed by atoms with Gasteiger partial charge in [0.15, 0.2) is 0 Å². The van der Waals surface area contributed by atoms with Gasteiger partial charge in [0.05, 0.1) is 4.43 Å². The minimum Gasteiger partial charge on any atom is -0.447 e. The van der Waals surface area contributed by atoms with Gasteiger partial charge in [0, 0.05) is 0 Å². The van der Waals surface area contributed by atoms with Gasteiger partial charge in [-0.1, -0.05) is 22.6 Å². The highest BCUT2D eigenvalue weighted by molar-refractivity contribution is 14.1. The van der Waals surface area contributed by atoms with Crippen molar-refractivity contribution in [1.29, 1.82) is 0 Å². The monoisotopic (exact) mass is 287 g/mol. The Bertz CT molecular complexity index is 176. The first-order chi connectivity index (χ1) is 3.83. The van der Waals surface area contributed by atoms with E-state index in [1.807, 2.05) is 0 Å². The van der Waals surface area contributed by atoms with E-state index < -0.39 is 0 Å². The minimum absolute atomic E-state index is 0.762. The number of nitrogens with zero attached hydrogens (tertiary/aromatic N) is 1. The summed E-state index contributed by atoms with van der Waals surface area (Å²) in [6, 6.07) is 0. The highest BCUT2D eigenvalue weighted by atomic mass is 127. The van der Waals surface area contributed by atoms with Gasteiger partial charge in [-0.3, -0.25) is 0 Å². The van der Waals surface area contributed by atoms with Crippen molar-refractivity contribution < 1.29 is 4.42 Å². The first-order valence-electron chi connectivity index (χ1n) is 1.99. The molecule has 0 bridgehead atoms. The Kier molecular flexibility index (Phi) is 2.30. The zero-order chi connectivity index (χ0) is 5.98. The lowest BCUT2D eigenvalue weighted by molar-refractivity contribution is 0.519. The molecule has 0 unspecified atom stereocenters. The van der Waals surface area contributed by atoms with Gasteiger partial charge in [0.25, 0.3) is 0 Å². The molecule has 0 aliphatic carbocycles. The van der Waals surface area contributed by atoms with Crippen LogP contribution in [0.3, 0.4) is 0 Å². The molecule has 0 aliphatic heterocycles. The van der Waals surface area contributed by atoms with E-state index in [1.165, 1.54) is 0 Å². The van der Waals surface area contributed by atoms with Crippen LogP contribution < -0.4 is 0 Å². The van der Waals surface area contributed by atoms with E-state index in [9.17, 15) is 0 Å². The molecule has 0 N–H and O–H groups in total. The third kappa shape index (κ3) is 1.45. The number of hydrogen-bond acceptors (Lipinski definition) is 2. The fraction of sp³-hybridized carbons (Fsp3) is 0.250. The predicted octanol–water partition coefficient (Wildman–Crippen LogP) is 2.37. The molecule has 0 radical (unpaired) electrons. The van der Waals surface area contributed by atoms with Crippen LogP contribution in [0.2, 0.25) is 0 Å². The number of oxazole rings is 1. The molecular weight excluding hydrogens is 285 g/mol. The number of alkyl halides is 1. The second-order valence-corrected chi connectivity index (χ2v) is 2.77. The molecule has 0 aromatic carbocycles. The molecule has 44 valence electrons. The molecule has 2 nitrogen and oxygen atoms in total. The molecule has 1 rings (SSSR count). The van der Waals surface area contributed by atoms with E-state index in [0.717, 1.165) is 14.9 Å². The summed E-state index contributed by atoms with van der Waals surface area (Å²) in [5.41, 5.74) is 0. The van der Waals surface area contributed by atoms with Crippen LogP contribution in [0.4, 0.5) is 0 Å². The van der Waals surface area contributed by atoms with Crippen molar-refractivity contribution in [1.82, 2.24) is 4.98 Å². The van der Waals surface area contributed by atoms with Crippen molar-refractivity contribution in [2.24, 2.45) is 0 Å². The molecule has 0 amide bonds. The van der Waals surface area contributed by atoms with Crippen LogP contribution in [0.15, 0.2) is 15.3 Å². The summed E-state index contributed by atoms with van der Waals surface area (Å²) in [5, 5.41) is 0. The molecule has 0 spiro atoms. The summed E-state index contributed by atoms with van der Waals surface area (Å²) >= 11 is 5.35. The minimum atomic E-state index is 0.762. The summed E-state index contributed by atoms with van der Waals surface area (Å²) in [6.45, 7) is 0. The highest BCUT2D eigenvalue weighted by Gasteiger charge is 1.95. The highest BCUT2D eigenvalue weighted by Crippen LogP contribution is 2.10. The SMILES string of the molecule is Brc1coc(CI)n1. The first-order valence-corrected chi connectivity index (χ1v) is 4.30. The van der Waals surface area contributed by atoms with Crippen LogP contribution >= 0.6 is 38.5 Å². The number of halogens is 2. The molecule has 1 aromatic heterocycles. The number of aromatic nitrogens is 1. The van der Waals surface area contributed by atoms with E-state index in [4.69, 9.17) is 4.42 Å². The van der Waals surface area contributed by atoms with E-state index in [0.29, 0.717) is 0 Å². The van der Waals surface area contributed by atoms with Gasteiger partial charge in [0.2, 0.25) is 5.89 Å². The van der Waals surface area contributed by atoms with Crippen LogP contribution in [0, 0.1) is 0 Å². The number of rotatable bonds is 1. The van der Waals surface area contributed by atoms with Crippen LogP contribution in [-0.4, -0.2) is 4.98 Å². The zero-order valence-electron chi connectivity index (χ0n) is 3.90. The summed E-state index contributed by atoms with van der Waals surface area (Å²) < 4.78 is 6.54. The van der Waals surface area contributed by atoms with E-state index >= 15 is 0 Å². The Hall–Kier alpha value is 0.420. The first kappa shape index (κ1) is 6.54. The summed E-state index contributed by atoms with van der Waals surface area (Å²) in [4.78, 5) is 3.97. The predicted molar refractivity (Wildman–Crippen MR) is 41.9 cm³/mol. The van der Waals surface area contributed by atoms with Crippen molar-refractivity contribution in [2.75, 3.05) is 0 Å². The van der Waals surface area contributed by atoms with Gasteiger partial charge in [-0.2, -0.15) is 0 Å². The fourth-order valence-electron chi connectivity index (χ4n) is 0.350. The van der Waals surface area contributed by atoms with Crippen LogP contribution in [0.25, 0.3) is 0 Å². The molecule has 0 atom stereocenters. The Morgan fingerprint density at radius 2 is 2.62 bits per heavy atom. The summed E-state index contributed by atoms with van der Waals surface area (Å²) in [7, 11) is 0. The second kappa shape index (κ2) is 2.82. The maximum atomic E-state index is 4.95. The lowest BCUT2D eigenvalue weighted by atomic mass is 10.8. The van der Waals surface area contributed by atoms with Gasteiger partial charge < -0.3 is 4.42 Å². The molecule has 0 aliphatic rings. The zero-order valence-corrected chi connectivity index (χ0v) is 7.64. The summed E-state index contributed by atoms with van der Waals surface area (Å²) in [5.74, 6) is 0.762. The Morgan fingerprint density at radius 3 is 2.88 bits per heavy atom. The van der Waals surface area contributed by atoms with Crippen LogP contribution in [0.1, 0.15) is 5.89 Å². The molecule has 8 heavy (non-hydrogen) atoms. The van der Waals surface area contributed by atoms with E-state index in [1.54, 1.807) is 6.26 Å². The molecule has 0 fully saturated rings. The maximum absolute atomic E-state index is 4.95. The Morgan fingerprint density at radius 1 is 1.88 bits per heavy atom. The van der Waals surface area contributed by atoms with E-state index in [2.05, 4.69) is 43.5 Å². The van der Waals surface area contributed by atoms with Crippen molar-refractivity contribution in [3.05, 3.63) is 16.8 Å². The largest absolute Gasteiger partial charge is 0.447 e. The standard InChI is InChI=1S/C4H3BrINO/c5-3-2-8-4(1-6)7-3/h2H,1H2. The quantitative estimate of drug-likeness (QED) is 0.585. The van der Waals surface area contributed by atoms with Crippen LogP contribution in [0.5, 0.6) is 0 Å². The molecular formula is C4H3BrINO. The summed E-state index contributed by atoms with van der Waals surface area (Å²) in [6.07, 6.45) is 1.58. The van der Waals surface area contributed by atoms with Crippen molar-refractivity contribution >= 4 is 38.5 Å².